The molecule has 2 rings (SSSR count). The van der Waals surface area contributed by atoms with Crippen molar-refractivity contribution in [3.8, 4) is 5.75 Å². The van der Waals surface area contributed by atoms with Crippen molar-refractivity contribution >= 4 is 0 Å². The Morgan fingerprint density at radius 2 is 2.09 bits per heavy atom. The number of ether oxygens (including phenoxy) is 1. The van der Waals surface area contributed by atoms with Gasteiger partial charge in [-0.2, -0.15) is 5.10 Å². The van der Waals surface area contributed by atoms with Gasteiger partial charge in [-0.1, -0.05) is 19.1 Å². The van der Waals surface area contributed by atoms with Crippen molar-refractivity contribution in [3.63, 3.8) is 0 Å². The van der Waals surface area contributed by atoms with Gasteiger partial charge in [0.05, 0.1) is 25.5 Å². The highest BCUT2D eigenvalue weighted by Crippen LogP contribution is 2.28. The average Bonchev–Trinajstić information content (AvgIpc) is 2.88. The molecule has 5 heteroatoms. The number of aliphatic hydroxyl groups is 1. The van der Waals surface area contributed by atoms with Crippen LogP contribution in [0.4, 0.5) is 0 Å². The Balaban J connectivity index is 2.32. The first-order valence-corrected chi connectivity index (χ1v) is 8.19. The number of aromatic nitrogens is 2. The molecule has 2 aromatic rings. The first-order valence-electron chi connectivity index (χ1n) is 8.19. The largest absolute Gasteiger partial charge is 0.493 e. The minimum atomic E-state index is 0.0571. The lowest BCUT2D eigenvalue weighted by Crippen LogP contribution is -2.19. The predicted molar refractivity (Wildman–Crippen MR) is 91.9 cm³/mol. The van der Waals surface area contributed by atoms with Crippen LogP contribution in [0, 0.1) is 13.8 Å². The Labute approximate surface area is 138 Å². The Hall–Kier alpha value is -1.85. The number of benzene rings is 1. The van der Waals surface area contributed by atoms with E-state index in [9.17, 15) is 5.11 Å². The second kappa shape index (κ2) is 8.13. The van der Waals surface area contributed by atoms with Crippen LogP contribution in [0.5, 0.6) is 5.75 Å². The van der Waals surface area contributed by atoms with Crippen molar-refractivity contribution in [2.45, 2.75) is 39.7 Å². The molecule has 0 bridgehead atoms. The lowest BCUT2D eigenvalue weighted by Gasteiger charge is -2.19. The predicted octanol–water partition coefficient (Wildman–Crippen LogP) is 2.37. The number of aliphatic hydroxyl groups excluding tert-OH is 1. The van der Waals surface area contributed by atoms with E-state index < -0.39 is 0 Å². The topological polar surface area (TPSA) is 73.3 Å². The van der Waals surface area contributed by atoms with Gasteiger partial charge in [-0.05, 0) is 43.5 Å². The lowest BCUT2D eigenvalue weighted by atomic mass is 9.94. The van der Waals surface area contributed by atoms with Gasteiger partial charge >= 0.3 is 0 Å². The fourth-order valence-electron chi connectivity index (χ4n) is 2.81. The van der Waals surface area contributed by atoms with E-state index in [1.165, 1.54) is 0 Å². The third kappa shape index (κ3) is 4.12. The van der Waals surface area contributed by atoms with Crippen LogP contribution < -0.4 is 10.5 Å². The summed E-state index contributed by atoms with van der Waals surface area (Å²) in [5.74, 6) is 0.980. The summed E-state index contributed by atoms with van der Waals surface area (Å²) >= 11 is 0. The molecule has 0 aliphatic carbocycles. The Morgan fingerprint density at radius 1 is 1.30 bits per heavy atom. The monoisotopic (exact) mass is 317 g/mol. The fourth-order valence-corrected chi connectivity index (χ4v) is 2.81. The smallest absolute Gasteiger partial charge is 0.122 e. The van der Waals surface area contributed by atoms with Crippen LogP contribution in [0.3, 0.4) is 0 Å². The minimum Gasteiger partial charge on any atom is -0.493 e. The van der Waals surface area contributed by atoms with Crippen LogP contribution in [0.15, 0.2) is 24.3 Å². The van der Waals surface area contributed by atoms with E-state index in [2.05, 4.69) is 31.1 Å². The second-order valence-corrected chi connectivity index (χ2v) is 5.82. The van der Waals surface area contributed by atoms with Crippen LogP contribution in [0.1, 0.15) is 41.8 Å². The second-order valence-electron chi connectivity index (χ2n) is 5.82. The van der Waals surface area contributed by atoms with Gasteiger partial charge in [0.25, 0.3) is 0 Å². The maximum absolute atomic E-state index is 9.23. The highest BCUT2D eigenvalue weighted by Gasteiger charge is 2.19. The van der Waals surface area contributed by atoms with E-state index in [1.54, 1.807) is 0 Å². The molecule has 23 heavy (non-hydrogen) atoms. The normalized spacial score (nSPS) is 12.4. The summed E-state index contributed by atoms with van der Waals surface area (Å²) in [6.45, 7) is 7.87. The quantitative estimate of drug-likeness (QED) is 0.784. The van der Waals surface area contributed by atoms with Crippen molar-refractivity contribution in [2.24, 2.45) is 5.73 Å². The molecular formula is C18H27N3O2. The van der Waals surface area contributed by atoms with Gasteiger partial charge in [0.1, 0.15) is 5.75 Å². The summed E-state index contributed by atoms with van der Waals surface area (Å²) in [5, 5.41) is 13.7. The minimum absolute atomic E-state index is 0.0571. The number of nitrogens with two attached hydrogens (primary N) is 1. The third-order valence-corrected chi connectivity index (χ3v) is 3.90. The van der Waals surface area contributed by atoms with Crippen LogP contribution in [-0.4, -0.2) is 34.6 Å². The van der Waals surface area contributed by atoms with E-state index in [0.29, 0.717) is 13.1 Å². The molecular weight excluding hydrogens is 290 g/mol. The highest BCUT2D eigenvalue weighted by atomic mass is 16.5. The van der Waals surface area contributed by atoms with E-state index in [-0.39, 0.29) is 12.5 Å². The van der Waals surface area contributed by atoms with Gasteiger partial charge in [-0.15, -0.1) is 0 Å². The number of nitrogens with zero attached hydrogens (tertiary/aromatic N) is 2. The molecule has 0 radical (unpaired) electrons. The van der Waals surface area contributed by atoms with Crippen molar-refractivity contribution in [1.29, 1.82) is 0 Å². The number of hydrogen-bond donors (Lipinski definition) is 2. The standard InChI is InChI=1S/C18H27N3O2/c1-4-9-23-18-6-5-15(10-13(18)2)16(12-19)17-11-14(3)20-21(17)7-8-22/h5-6,10-11,16,22H,4,7-9,12,19H2,1-3H3. The maximum Gasteiger partial charge on any atom is 0.122 e. The molecule has 3 N–H and O–H groups in total. The molecule has 0 amide bonds. The average molecular weight is 317 g/mol. The van der Waals surface area contributed by atoms with Crippen molar-refractivity contribution in [1.82, 2.24) is 9.78 Å². The third-order valence-electron chi connectivity index (χ3n) is 3.90. The molecule has 0 saturated carbocycles. The summed E-state index contributed by atoms with van der Waals surface area (Å²) in [4.78, 5) is 0. The molecule has 0 saturated heterocycles. The van der Waals surface area contributed by atoms with Gasteiger partial charge in [0.15, 0.2) is 0 Å². The zero-order valence-corrected chi connectivity index (χ0v) is 14.2. The van der Waals surface area contributed by atoms with E-state index >= 15 is 0 Å². The summed E-state index contributed by atoms with van der Waals surface area (Å²) in [7, 11) is 0. The van der Waals surface area contributed by atoms with Gasteiger partial charge < -0.3 is 15.6 Å². The summed E-state index contributed by atoms with van der Waals surface area (Å²) in [5.41, 5.74) is 10.3. The first kappa shape index (κ1) is 17.5. The molecule has 1 atom stereocenters. The van der Waals surface area contributed by atoms with Gasteiger partial charge in [0, 0.05) is 18.2 Å². The molecule has 5 nitrogen and oxygen atoms in total. The van der Waals surface area contributed by atoms with Gasteiger partial charge in [-0.3, -0.25) is 4.68 Å². The van der Waals surface area contributed by atoms with E-state index in [0.717, 1.165) is 41.3 Å². The Morgan fingerprint density at radius 3 is 2.70 bits per heavy atom. The molecule has 0 spiro atoms. The molecule has 126 valence electrons. The first-order chi connectivity index (χ1) is 11.1. The van der Waals surface area contributed by atoms with E-state index in [1.807, 2.05) is 23.7 Å². The molecule has 0 aliphatic rings. The number of hydrogen-bond acceptors (Lipinski definition) is 4. The van der Waals surface area contributed by atoms with Crippen LogP contribution in [-0.2, 0) is 6.54 Å². The summed E-state index contributed by atoms with van der Waals surface area (Å²) in [6.07, 6.45) is 0.992. The van der Waals surface area contributed by atoms with E-state index in [4.69, 9.17) is 10.5 Å². The molecule has 1 unspecified atom stereocenters. The van der Waals surface area contributed by atoms with Crippen LogP contribution in [0.2, 0.25) is 0 Å². The van der Waals surface area contributed by atoms with Crippen LogP contribution in [0.25, 0.3) is 0 Å². The highest BCUT2D eigenvalue weighted by molar-refractivity contribution is 5.40. The molecule has 0 fully saturated rings. The zero-order chi connectivity index (χ0) is 16.8. The molecule has 0 aliphatic heterocycles. The van der Waals surface area contributed by atoms with Crippen molar-refractivity contribution in [3.05, 3.63) is 46.8 Å². The molecule has 1 aromatic heterocycles. The maximum atomic E-state index is 9.23. The zero-order valence-electron chi connectivity index (χ0n) is 14.2. The summed E-state index contributed by atoms with van der Waals surface area (Å²) < 4.78 is 7.60. The SMILES string of the molecule is CCCOc1ccc(C(CN)c2cc(C)nn2CCO)cc1C. The Bertz CT molecular complexity index is 637. The van der Waals surface area contributed by atoms with Crippen molar-refractivity contribution < 1.29 is 9.84 Å². The van der Waals surface area contributed by atoms with Crippen LogP contribution >= 0.6 is 0 Å². The van der Waals surface area contributed by atoms with Gasteiger partial charge in [0.2, 0.25) is 0 Å². The Kier molecular flexibility index (Phi) is 6.19. The summed E-state index contributed by atoms with van der Waals surface area (Å²) in [6, 6.07) is 8.27. The molecule has 1 heterocycles. The fraction of sp³-hybridized carbons (Fsp3) is 0.500. The lowest BCUT2D eigenvalue weighted by molar-refractivity contribution is 0.266. The van der Waals surface area contributed by atoms with Gasteiger partial charge in [-0.25, -0.2) is 0 Å². The number of rotatable bonds is 8. The number of aryl methyl sites for hydroxylation is 2. The van der Waals surface area contributed by atoms with Crippen molar-refractivity contribution in [2.75, 3.05) is 19.8 Å². The molecule has 1 aromatic carbocycles.